The van der Waals surface area contributed by atoms with Gasteiger partial charge in [0.15, 0.2) is 0 Å². The number of rotatable bonds is 4. The van der Waals surface area contributed by atoms with Crippen molar-refractivity contribution in [2.75, 3.05) is 38.2 Å². The number of halogens is 2. The number of methoxy groups -OCH3 is 1. The number of benzene rings is 2. The molecule has 0 amide bonds. The summed E-state index contributed by atoms with van der Waals surface area (Å²) in [5.41, 5.74) is 2.03. The lowest BCUT2D eigenvalue weighted by Gasteiger charge is -2.35. The molecule has 0 unspecified atom stereocenters. The summed E-state index contributed by atoms with van der Waals surface area (Å²) >= 11 is 12.2. The third-order valence-corrected chi connectivity index (χ3v) is 7.13. The van der Waals surface area contributed by atoms with Crippen molar-refractivity contribution in [1.29, 1.82) is 0 Å². The van der Waals surface area contributed by atoms with Gasteiger partial charge in [-0.1, -0.05) is 29.3 Å². The van der Waals surface area contributed by atoms with E-state index in [4.69, 9.17) is 27.9 Å². The van der Waals surface area contributed by atoms with Crippen molar-refractivity contribution >= 4 is 38.9 Å². The Morgan fingerprint density at radius 2 is 1.65 bits per heavy atom. The SMILES string of the molecule is COc1cc(S(=O)(=O)N2CCN(c3ccc(C)c(Cl)c3)CC2)ccc1Cl. The van der Waals surface area contributed by atoms with Gasteiger partial charge in [0.25, 0.3) is 0 Å². The van der Waals surface area contributed by atoms with Crippen LogP contribution in [-0.4, -0.2) is 46.0 Å². The minimum atomic E-state index is -3.59. The average Bonchev–Trinajstić information content (AvgIpc) is 2.64. The second-order valence-corrected chi connectivity index (χ2v) is 8.87. The first-order valence-electron chi connectivity index (χ1n) is 8.17. The molecule has 1 aliphatic heterocycles. The van der Waals surface area contributed by atoms with Crippen LogP contribution < -0.4 is 9.64 Å². The van der Waals surface area contributed by atoms with E-state index in [2.05, 4.69) is 4.90 Å². The van der Waals surface area contributed by atoms with Crippen LogP contribution in [0.25, 0.3) is 0 Å². The van der Waals surface area contributed by atoms with E-state index in [-0.39, 0.29) is 4.90 Å². The van der Waals surface area contributed by atoms with Gasteiger partial charge in [-0.3, -0.25) is 0 Å². The highest BCUT2D eigenvalue weighted by Gasteiger charge is 2.29. The fourth-order valence-corrected chi connectivity index (χ4v) is 4.72. The Balaban J connectivity index is 1.75. The van der Waals surface area contributed by atoms with E-state index in [1.165, 1.54) is 29.6 Å². The summed E-state index contributed by atoms with van der Waals surface area (Å²) in [6.45, 7) is 3.96. The smallest absolute Gasteiger partial charge is 0.243 e. The molecule has 1 saturated heterocycles. The highest BCUT2D eigenvalue weighted by atomic mass is 35.5. The molecule has 0 radical (unpaired) electrons. The van der Waals surface area contributed by atoms with Gasteiger partial charge >= 0.3 is 0 Å². The van der Waals surface area contributed by atoms with Crippen molar-refractivity contribution < 1.29 is 13.2 Å². The number of anilines is 1. The van der Waals surface area contributed by atoms with Gasteiger partial charge in [-0.25, -0.2) is 8.42 Å². The number of piperazine rings is 1. The molecule has 5 nitrogen and oxygen atoms in total. The number of hydrogen-bond acceptors (Lipinski definition) is 4. The molecule has 26 heavy (non-hydrogen) atoms. The topological polar surface area (TPSA) is 49.9 Å². The van der Waals surface area contributed by atoms with Gasteiger partial charge in [0.1, 0.15) is 5.75 Å². The average molecular weight is 415 g/mol. The maximum atomic E-state index is 12.9. The molecule has 0 aromatic heterocycles. The Hall–Kier alpha value is -1.47. The predicted molar refractivity (Wildman–Crippen MR) is 105 cm³/mol. The van der Waals surface area contributed by atoms with Crippen LogP contribution in [0.3, 0.4) is 0 Å². The molecule has 0 saturated carbocycles. The number of ether oxygens (including phenoxy) is 1. The van der Waals surface area contributed by atoms with E-state index in [9.17, 15) is 8.42 Å². The zero-order chi connectivity index (χ0) is 18.9. The third-order valence-electron chi connectivity index (χ3n) is 4.52. The third kappa shape index (κ3) is 3.78. The van der Waals surface area contributed by atoms with Gasteiger partial charge in [-0.05, 0) is 36.8 Å². The second kappa shape index (κ2) is 7.64. The molecule has 0 atom stereocenters. The molecular formula is C18H20Cl2N2O3S. The molecule has 140 valence electrons. The summed E-state index contributed by atoms with van der Waals surface area (Å²) in [6.07, 6.45) is 0. The number of nitrogens with zero attached hydrogens (tertiary/aromatic N) is 2. The summed E-state index contributed by atoms with van der Waals surface area (Å²) in [4.78, 5) is 2.32. The maximum Gasteiger partial charge on any atom is 0.243 e. The van der Waals surface area contributed by atoms with Crippen LogP contribution in [0.4, 0.5) is 5.69 Å². The Labute approximate surface area is 164 Å². The first-order chi connectivity index (χ1) is 12.3. The minimum absolute atomic E-state index is 0.186. The van der Waals surface area contributed by atoms with E-state index in [0.29, 0.717) is 42.0 Å². The lowest BCUT2D eigenvalue weighted by atomic mass is 10.2. The first kappa shape index (κ1) is 19.3. The molecule has 1 aliphatic rings. The fraction of sp³-hybridized carbons (Fsp3) is 0.333. The lowest BCUT2D eigenvalue weighted by molar-refractivity contribution is 0.383. The van der Waals surface area contributed by atoms with Crippen LogP contribution in [-0.2, 0) is 10.0 Å². The normalized spacial score (nSPS) is 15.9. The molecule has 0 N–H and O–H groups in total. The Kier molecular flexibility index (Phi) is 5.67. The summed E-state index contributed by atoms with van der Waals surface area (Å²) < 4.78 is 32.4. The zero-order valence-corrected chi connectivity index (χ0v) is 16.9. The van der Waals surface area contributed by atoms with Crippen LogP contribution in [0, 0.1) is 6.92 Å². The molecule has 2 aromatic rings. The van der Waals surface area contributed by atoms with Gasteiger partial charge in [0.05, 0.1) is 17.0 Å². The largest absolute Gasteiger partial charge is 0.495 e. The molecule has 1 heterocycles. The van der Waals surface area contributed by atoms with Gasteiger partial charge < -0.3 is 9.64 Å². The van der Waals surface area contributed by atoms with Crippen molar-refractivity contribution in [1.82, 2.24) is 4.31 Å². The highest BCUT2D eigenvalue weighted by Crippen LogP contribution is 2.30. The van der Waals surface area contributed by atoms with Crippen LogP contribution in [0.2, 0.25) is 10.0 Å². The van der Waals surface area contributed by atoms with Gasteiger partial charge in [-0.2, -0.15) is 4.31 Å². The monoisotopic (exact) mass is 414 g/mol. The standard InChI is InChI=1S/C18H20Cl2N2O3S/c1-13-3-4-14(11-17(13)20)21-7-9-22(10-8-21)26(23,24)15-5-6-16(19)18(12-15)25-2/h3-6,11-12H,7-10H2,1-2H3. The van der Waals surface area contributed by atoms with E-state index >= 15 is 0 Å². The highest BCUT2D eigenvalue weighted by molar-refractivity contribution is 7.89. The molecule has 0 aliphatic carbocycles. The van der Waals surface area contributed by atoms with Crippen molar-refractivity contribution in [3.05, 3.63) is 52.0 Å². The van der Waals surface area contributed by atoms with E-state index in [1.807, 2.05) is 25.1 Å². The number of sulfonamides is 1. The molecule has 0 spiro atoms. The van der Waals surface area contributed by atoms with Crippen LogP contribution in [0.5, 0.6) is 5.75 Å². The first-order valence-corrected chi connectivity index (χ1v) is 10.4. The quantitative estimate of drug-likeness (QED) is 0.762. The lowest BCUT2D eigenvalue weighted by Crippen LogP contribution is -2.48. The number of aryl methyl sites for hydroxylation is 1. The van der Waals surface area contributed by atoms with Crippen molar-refractivity contribution in [2.24, 2.45) is 0 Å². The van der Waals surface area contributed by atoms with E-state index in [0.717, 1.165) is 11.3 Å². The Bertz CT molecular complexity index is 911. The van der Waals surface area contributed by atoms with E-state index < -0.39 is 10.0 Å². The van der Waals surface area contributed by atoms with Crippen LogP contribution >= 0.6 is 23.2 Å². The van der Waals surface area contributed by atoms with Crippen LogP contribution in [0.15, 0.2) is 41.3 Å². The Morgan fingerprint density at radius 3 is 2.27 bits per heavy atom. The van der Waals surface area contributed by atoms with Gasteiger partial charge in [0.2, 0.25) is 10.0 Å². The van der Waals surface area contributed by atoms with Gasteiger partial charge in [0, 0.05) is 43.0 Å². The summed E-state index contributed by atoms with van der Waals surface area (Å²) in [6, 6.07) is 10.4. The summed E-state index contributed by atoms with van der Waals surface area (Å²) in [7, 11) is -2.13. The molecule has 3 rings (SSSR count). The van der Waals surface area contributed by atoms with Crippen molar-refractivity contribution in [2.45, 2.75) is 11.8 Å². The van der Waals surface area contributed by atoms with Crippen molar-refractivity contribution in [3.8, 4) is 5.75 Å². The molecular weight excluding hydrogens is 395 g/mol. The van der Waals surface area contributed by atoms with Crippen molar-refractivity contribution in [3.63, 3.8) is 0 Å². The fourth-order valence-electron chi connectivity index (χ4n) is 2.91. The van der Waals surface area contributed by atoms with Crippen LogP contribution in [0.1, 0.15) is 5.56 Å². The maximum absolute atomic E-state index is 12.9. The minimum Gasteiger partial charge on any atom is -0.495 e. The number of hydrogen-bond donors (Lipinski definition) is 0. The molecule has 2 aromatic carbocycles. The molecule has 0 bridgehead atoms. The predicted octanol–water partition coefficient (Wildman–Crippen LogP) is 3.82. The molecule has 1 fully saturated rings. The van der Waals surface area contributed by atoms with Gasteiger partial charge in [-0.15, -0.1) is 0 Å². The Morgan fingerprint density at radius 1 is 0.962 bits per heavy atom. The zero-order valence-electron chi connectivity index (χ0n) is 14.6. The second-order valence-electron chi connectivity index (χ2n) is 6.12. The molecule has 8 heteroatoms. The van der Waals surface area contributed by atoms with E-state index in [1.54, 1.807) is 0 Å². The summed E-state index contributed by atoms with van der Waals surface area (Å²) in [5.74, 6) is 0.348. The summed E-state index contributed by atoms with van der Waals surface area (Å²) in [5, 5.41) is 1.10.